The van der Waals surface area contributed by atoms with Crippen molar-refractivity contribution in [1.29, 1.82) is 0 Å². The topological polar surface area (TPSA) is 73.7 Å². The Hall–Kier alpha value is -2.02. The molecule has 0 spiro atoms. The van der Waals surface area contributed by atoms with Gasteiger partial charge >= 0.3 is 5.97 Å². The largest absolute Gasteiger partial charge is 0.480 e. The predicted molar refractivity (Wildman–Crippen MR) is 68.8 cm³/mol. The molecular formula is C13H16FN3O3. The summed E-state index contributed by atoms with van der Waals surface area (Å²) < 4.78 is 13.5. The van der Waals surface area contributed by atoms with E-state index in [1.54, 1.807) is 11.8 Å². The normalized spacial score (nSPS) is 17.8. The van der Waals surface area contributed by atoms with Crippen LogP contribution in [0.25, 0.3) is 0 Å². The molecular weight excluding hydrogens is 265 g/mol. The molecule has 0 radical (unpaired) electrons. The van der Waals surface area contributed by atoms with Gasteiger partial charge in [-0.05, 0) is 19.1 Å². The third-order valence-electron chi connectivity index (χ3n) is 3.50. The first-order valence-corrected chi connectivity index (χ1v) is 6.37. The Balaban J connectivity index is 1.99. The van der Waals surface area contributed by atoms with Crippen molar-refractivity contribution in [3.63, 3.8) is 0 Å². The third kappa shape index (κ3) is 2.93. The van der Waals surface area contributed by atoms with E-state index in [4.69, 9.17) is 5.11 Å². The van der Waals surface area contributed by atoms with E-state index in [0.717, 1.165) is 0 Å². The lowest BCUT2D eigenvalue weighted by molar-refractivity contribution is -0.143. The Morgan fingerprint density at radius 3 is 2.55 bits per heavy atom. The smallest absolute Gasteiger partial charge is 0.320 e. The number of carboxylic acids is 1. The fourth-order valence-electron chi connectivity index (χ4n) is 2.18. The van der Waals surface area contributed by atoms with Crippen LogP contribution in [-0.4, -0.2) is 64.0 Å². The minimum atomic E-state index is -0.886. The molecule has 6 nitrogen and oxygen atoms in total. The zero-order valence-corrected chi connectivity index (χ0v) is 11.1. The molecule has 2 heterocycles. The van der Waals surface area contributed by atoms with Gasteiger partial charge in [-0.2, -0.15) is 4.39 Å². The molecule has 0 saturated carbocycles. The van der Waals surface area contributed by atoms with Crippen LogP contribution < -0.4 is 0 Å². The maximum absolute atomic E-state index is 13.5. The average Bonchev–Trinajstić information content (AvgIpc) is 2.46. The van der Waals surface area contributed by atoms with Crippen molar-refractivity contribution >= 4 is 11.9 Å². The van der Waals surface area contributed by atoms with Gasteiger partial charge in [-0.15, -0.1) is 0 Å². The van der Waals surface area contributed by atoms with Crippen molar-refractivity contribution in [1.82, 2.24) is 14.8 Å². The van der Waals surface area contributed by atoms with Gasteiger partial charge < -0.3 is 10.0 Å². The predicted octanol–water partition coefficient (Wildman–Crippen LogP) is 0.452. The highest BCUT2D eigenvalue weighted by Gasteiger charge is 2.28. The van der Waals surface area contributed by atoms with E-state index in [1.807, 2.05) is 0 Å². The summed E-state index contributed by atoms with van der Waals surface area (Å²) in [7, 11) is 0. The number of amides is 1. The molecule has 0 bridgehead atoms. The molecule has 1 aliphatic heterocycles. The molecule has 0 aliphatic carbocycles. The minimum absolute atomic E-state index is 0.0489. The van der Waals surface area contributed by atoms with Crippen molar-refractivity contribution in [2.75, 3.05) is 26.2 Å². The molecule has 2 rings (SSSR count). The molecule has 1 N–H and O–H groups in total. The first-order chi connectivity index (χ1) is 9.50. The van der Waals surface area contributed by atoms with Gasteiger partial charge in [-0.25, -0.2) is 4.98 Å². The van der Waals surface area contributed by atoms with Crippen LogP contribution in [0.3, 0.4) is 0 Å². The minimum Gasteiger partial charge on any atom is -0.480 e. The number of hydrogen-bond donors (Lipinski definition) is 1. The second kappa shape index (κ2) is 5.96. The first-order valence-electron chi connectivity index (χ1n) is 6.37. The zero-order valence-electron chi connectivity index (χ0n) is 11.1. The Labute approximate surface area is 115 Å². The maximum Gasteiger partial charge on any atom is 0.320 e. The molecule has 108 valence electrons. The highest BCUT2D eigenvalue weighted by molar-refractivity contribution is 5.94. The van der Waals surface area contributed by atoms with Gasteiger partial charge in [0.25, 0.3) is 5.91 Å². The van der Waals surface area contributed by atoms with Gasteiger partial charge in [0.15, 0.2) is 0 Å². The van der Waals surface area contributed by atoms with Gasteiger partial charge in [-0.3, -0.25) is 14.5 Å². The number of pyridine rings is 1. The molecule has 1 fully saturated rings. The summed E-state index contributed by atoms with van der Waals surface area (Å²) in [5.41, 5.74) is -0.0489. The van der Waals surface area contributed by atoms with Gasteiger partial charge in [0.1, 0.15) is 6.04 Å². The summed E-state index contributed by atoms with van der Waals surface area (Å²) in [6, 6.07) is 2.33. The van der Waals surface area contributed by atoms with Gasteiger partial charge in [0.2, 0.25) is 5.95 Å². The Bertz CT molecular complexity index is 515. The summed E-state index contributed by atoms with van der Waals surface area (Å²) in [6.45, 7) is 3.29. The molecule has 7 heteroatoms. The molecule has 1 amide bonds. The van der Waals surface area contributed by atoms with Crippen LogP contribution >= 0.6 is 0 Å². The zero-order chi connectivity index (χ0) is 14.7. The summed E-state index contributed by atoms with van der Waals surface area (Å²) in [5.74, 6) is -2.07. The Morgan fingerprint density at radius 2 is 2.00 bits per heavy atom. The quantitative estimate of drug-likeness (QED) is 0.814. The van der Waals surface area contributed by atoms with Gasteiger partial charge in [-0.1, -0.05) is 0 Å². The van der Waals surface area contributed by atoms with Crippen molar-refractivity contribution in [3.05, 3.63) is 29.8 Å². The van der Waals surface area contributed by atoms with E-state index >= 15 is 0 Å². The molecule has 1 atom stereocenters. The fourth-order valence-corrected chi connectivity index (χ4v) is 2.18. The summed E-state index contributed by atoms with van der Waals surface area (Å²) in [5, 5.41) is 8.94. The molecule has 1 saturated heterocycles. The van der Waals surface area contributed by atoms with E-state index in [0.29, 0.717) is 26.2 Å². The van der Waals surface area contributed by atoms with Crippen molar-refractivity contribution in [3.8, 4) is 0 Å². The lowest BCUT2D eigenvalue weighted by Crippen LogP contribution is -2.53. The number of halogens is 1. The lowest BCUT2D eigenvalue weighted by atomic mass is 10.2. The third-order valence-corrected chi connectivity index (χ3v) is 3.50. The molecule has 20 heavy (non-hydrogen) atoms. The fraction of sp³-hybridized carbons (Fsp3) is 0.462. The number of rotatable bonds is 3. The SMILES string of the molecule is CC(C(=O)O)N1CCN(C(=O)c2cccnc2F)CC1. The van der Waals surface area contributed by atoms with Crippen molar-refractivity contribution in [2.45, 2.75) is 13.0 Å². The van der Waals surface area contributed by atoms with Crippen LogP contribution in [-0.2, 0) is 4.79 Å². The number of piperazine rings is 1. The van der Waals surface area contributed by atoms with Crippen LogP contribution in [0.4, 0.5) is 4.39 Å². The summed E-state index contributed by atoms with van der Waals surface area (Å²) in [4.78, 5) is 29.8. The van der Waals surface area contributed by atoms with Crippen LogP contribution in [0.2, 0.25) is 0 Å². The van der Waals surface area contributed by atoms with Crippen LogP contribution in [0.5, 0.6) is 0 Å². The molecule has 1 aromatic heterocycles. The molecule has 1 unspecified atom stereocenters. The summed E-state index contributed by atoms with van der Waals surface area (Å²) in [6.07, 6.45) is 1.29. The van der Waals surface area contributed by atoms with Crippen molar-refractivity contribution in [2.24, 2.45) is 0 Å². The number of aliphatic carboxylic acids is 1. The molecule has 0 aromatic carbocycles. The van der Waals surface area contributed by atoms with E-state index < -0.39 is 23.9 Å². The number of aromatic nitrogens is 1. The van der Waals surface area contributed by atoms with Crippen LogP contribution in [0.1, 0.15) is 17.3 Å². The first kappa shape index (κ1) is 14.4. The number of carbonyl (C=O) groups excluding carboxylic acids is 1. The molecule has 1 aromatic rings. The van der Waals surface area contributed by atoms with E-state index in [1.165, 1.54) is 23.2 Å². The van der Waals surface area contributed by atoms with E-state index in [2.05, 4.69) is 4.98 Å². The monoisotopic (exact) mass is 281 g/mol. The second-order valence-corrected chi connectivity index (χ2v) is 4.68. The number of carbonyl (C=O) groups is 2. The van der Waals surface area contributed by atoms with Crippen molar-refractivity contribution < 1.29 is 19.1 Å². The highest BCUT2D eigenvalue weighted by atomic mass is 19.1. The highest BCUT2D eigenvalue weighted by Crippen LogP contribution is 2.12. The Kier molecular flexibility index (Phi) is 4.29. The second-order valence-electron chi connectivity index (χ2n) is 4.68. The van der Waals surface area contributed by atoms with Gasteiger partial charge in [0.05, 0.1) is 5.56 Å². The van der Waals surface area contributed by atoms with E-state index in [9.17, 15) is 14.0 Å². The van der Waals surface area contributed by atoms with Gasteiger partial charge in [0, 0.05) is 32.4 Å². The van der Waals surface area contributed by atoms with E-state index in [-0.39, 0.29) is 5.56 Å². The number of carboxylic acid groups (broad SMARTS) is 1. The standard InChI is InChI=1S/C13H16FN3O3/c1-9(13(19)20)16-5-7-17(8-6-16)12(18)10-3-2-4-15-11(10)14/h2-4,9H,5-8H2,1H3,(H,19,20). The van der Waals surface area contributed by atoms with Crippen LogP contribution in [0.15, 0.2) is 18.3 Å². The maximum atomic E-state index is 13.5. The Morgan fingerprint density at radius 1 is 1.35 bits per heavy atom. The molecule has 1 aliphatic rings. The number of nitrogens with zero attached hydrogens (tertiary/aromatic N) is 3. The lowest BCUT2D eigenvalue weighted by Gasteiger charge is -2.36. The average molecular weight is 281 g/mol. The van der Waals surface area contributed by atoms with Crippen LogP contribution in [0, 0.1) is 5.95 Å². The number of hydrogen-bond acceptors (Lipinski definition) is 4. The summed E-state index contributed by atoms with van der Waals surface area (Å²) >= 11 is 0.